The lowest BCUT2D eigenvalue weighted by Crippen LogP contribution is -2.14. The van der Waals surface area contributed by atoms with Crippen molar-refractivity contribution in [3.05, 3.63) is 40.5 Å². The van der Waals surface area contributed by atoms with E-state index < -0.39 is 11.5 Å². The van der Waals surface area contributed by atoms with Gasteiger partial charge in [0.25, 0.3) is 0 Å². The van der Waals surface area contributed by atoms with Gasteiger partial charge in [0.1, 0.15) is 5.75 Å². The first kappa shape index (κ1) is 11.3. The summed E-state index contributed by atoms with van der Waals surface area (Å²) < 4.78 is 0. The van der Waals surface area contributed by atoms with E-state index in [0.29, 0.717) is 5.56 Å². The molecular formula is C13H10O4. The molecule has 0 spiro atoms. The number of Topliss-reactive ketones (excluding diaryl/α,β-unsaturated/α-hetero) is 1. The van der Waals surface area contributed by atoms with Crippen molar-refractivity contribution in [2.75, 3.05) is 0 Å². The van der Waals surface area contributed by atoms with Gasteiger partial charge in [-0.1, -0.05) is 0 Å². The molecule has 0 saturated carbocycles. The van der Waals surface area contributed by atoms with Crippen LogP contribution in [0.25, 0.3) is 0 Å². The third kappa shape index (κ3) is 1.58. The van der Waals surface area contributed by atoms with Crippen LogP contribution in [0.3, 0.4) is 0 Å². The average molecular weight is 230 g/mol. The number of hydrogen-bond donors (Lipinski definition) is 1. The summed E-state index contributed by atoms with van der Waals surface area (Å²) in [4.78, 5) is 34.6. The highest BCUT2D eigenvalue weighted by Gasteiger charge is 2.27. The molecule has 0 radical (unpaired) electrons. The zero-order valence-electron chi connectivity index (χ0n) is 9.40. The third-order valence-electron chi connectivity index (χ3n) is 2.75. The summed E-state index contributed by atoms with van der Waals surface area (Å²) in [6, 6.07) is 1.47. The number of fused-ring (bicyclic) bond motifs is 1. The van der Waals surface area contributed by atoms with Crippen LogP contribution in [0.4, 0.5) is 0 Å². The zero-order valence-corrected chi connectivity index (χ0v) is 9.40. The van der Waals surface area contributed by atoms with Gasteiger partial charge in [0.15, 0.2) is 17.3 Å². The second kappa shape index (κ2) is 3.66. The third-order valence-corrected chi connectivity index (χ3v) is 2.75. The first-order valence-electron chi connectivity index (χ1n) is 5.07. The molecule has 4 nitrogen and oxygen atoms in total. The van der Waals surface area contributed by atoms with Crippen LogP contribution in [0.1, 0.15) is 43.6 Å². The molecule has 1 aliphatic rings. The molecule has 1 aromatic rings. The SMILES string of the molecule is CC(=O)c1c(C)cc2c(c1O)C(=O)C=CC2=O. The molecule has 4 heteroatoms. The maximum Gasteiger partial charge on any atom is 0.190 e. The van der Waals surface area contributed by atoms with Crippen molar-refractivity contribution in [2.45, 2.75) is 13.8 Å². The Morgan fingerprint density at radius 3 is 2.35 bits per heavy atom. The molecule has 0 fully saturated rings. The van der Waals surface area contributed by atoms with Crippen LogP contribution in [0.15, 0.2) is 18.2 Å². The lowest BCUT2D eigenvalue weighted by atomic mass is 9.88. The van der Waals surface area contributed by atoms with E-state index in [9.17, 15) is 19.5 Å². The molecule has 1 aromatic carbocycles. The molecule has 0 atom stereocenters. The predicted molar refractivity (Wildman–Crippen MR) is 60.6 cm³/mol. The van der Waals surface area contributed by atoms with Crippen molar-refractivity contribution in [3.8, 4) is 5.75 Å². The van der Waals surface area contributed by atoms with E-state index >= 15 is 0 Å². The standard InChI is InChI=1S/C13H10O4/c1-6-5-8-9(15)3-4-10(16)12(8)13(17)11(6)7(2)14/h3-5,17H,1-2H3. The highest BCUT2D eigenvalue weighted by atomic mass is 16.3. The van der Waals surface area contributed by atoms with Crippen LogP contribution in [0.5, 0.6) is 5.75 Å². The molecule has 0 amide bonds. The van der Waals surface area contributed by atoms with Gasteiger partial charge in [-0.3, -0.25) is 14.4 Å². The van der Waals surface area contributed by atoms with Crippen LogP contribution in [0, 0.1) is 6.92 Å². The summed E-state index contributed by atoms with van der Waals surface area (Å²) >= 11 is 0. The van der Waals surface area contributed by atoms with Gasteiger partial charge >= 0.3 is 0 Å². The van der Waals surface area contributed by atoms with E-state index in [-0.39, 0.29) is 28.3 Å². The number of hydrogen-bond acceptors (Lipinski definition) is 4. The van der Waals surface area contributed by atoms with Crippen LogP contribution in [-0.2, 0) is 0 Å². The number of carbonyl (C=O) groups excluding carboxylic acids is 3. The van der Waals surface area contributed by atoms with E-state index in [0.717, 1.165) is 12.2 Å². The van der Waals surface area contributed by atoms with Gasteiger partial charge in [-0.25, -0.2) is 0 Å². The number of benzene rings is 1. The van der Waals surface area contributed by atoms with Gasteiger partial charge in [-0.05, 0) is 37.6 Å². The summed E-state index contributed by atoms with van der Waals surface area (Å²) in [7, 11) is 0. The lowest BCUT2D eigenvalue weighted by molar-refractivity contribution is 0.0987. The molecule has 1 N–H and O–H groups in total. The van der Waals surface area contributed by atoms with E-state index in [4.69, 9.17) is 0 Å². The fraction of sp³-hybridized carbons (Fsp3) is 0.154. The first-order valence-corrected chi connectivity index (χ1v) is 5.07. The Hall–Kier alpha value is -2.23. The largest absolute Gasteiger partial charge is 0.506 e. The number of aromatic hydroxyl groups is 1. The summed E-state index contributed by atoms with van der Waals surface area (Å²) in [5.41, 5.74) is 0.663. The number of carbonyl (C=O) groups is 3. The van der Waals surface area contributed by atoms with Gasteiger partial charge < -0.3 is 5.11 Å². The van der Waals surface area contributed by atoms with E-state index in [1.807, 2.05) is 0 Å². The molecule has 0 aliphatic heterocycles. The normalized spacial score (nSPS) is 13.8. The van der Waals surface area contributed by atoms with Gasteiger partial charge in [-0.2, -0.15) is 0 Å². The molecule has 0 heterocycles. The summed E-state index contributed by atoms with van der Waals surface area (Å²) in [5.74, 6) is -1.53. The molecule has 0 aromatic heterocycles. The Morgan fingerprint density at radius 2 is 1.76 bits per heavy atom. The lowest BCUT2D eigenvalue weighted by Gasteiger charge is -2.15. The smallest absolute Gasteiger partial charge is 0.190 e. The van der Waals surface area contributed by atoms with E-state index in [1.165, 1.54) is 13.0 Å². The van der Waals surface area contributed by atoms with Crippen LogP contribution < -0.4 is 0 Å². The maximum atomic E-state index is 11.6. The van der Waals surface area contributed by atoms with Crippen molar-refractivity contribution in [1.29, 1.82) is 0 Å². The number of aryl methyl sites for hydroxylation is 1. The van der Waals surface area contributed by atoms with E-state index in [2.05, 4.69) is 0 Å². The molecule has 86 valence electrons. The van der Waals surface area contributed by atoms with Crippen molar-refractivity contribution in [2.24, 2.45) is 0 Å². The van der Waals surface area contributed by atoms with Crippen molar-refractivity contribution < 1.29 is 19.5 Å². The highest BCUT2D eigenvalue weighted by Crippen LogP contribution is 2.32. The monoisotopic (exact) mass is 230 g/mol. The molecular weight excluding hydrogens is 220 g/mol. The minimum atomic E-state index is -0.459. The summed E-state index contributed by atoms with van der Waals surface area (Å²) in [5, 5.41) is 9.95. The molecule has 17 heavy (non-hydrogen) atoms. The molecule has 1 aliphatic carbocycles. The number of phenols is 1. The minimum absolute atomic E-state index is 0.0756. The number of rotatable bonds is 1. The van der Waals surface area contributed by atoms with Gasteiger partial charge in [-0.15, -0.1) is 0 Å². The fourth-order valence-corrected chi connectivity index (χ4v) is 2.01. The van der Waals surface area contributed by atoms with Crippen LogP contribution in [-0.4, -0.2) is 22.5 Å². The fourth-order valence-electron chi connectivity index (χ4n) is 2.01. The number of phenolic OH excluding ortho intramolecular Hbond substituents is 1. The van der Waals surface area contributed by atoms with E-state index in [1.54, 1.807) is 6.92 Å². The summed E-state index contributed by atoms with van der Waals surface area (Å²) in [6.07, 6.45) is 2.26. The van der Waals surface area contributed by atoms with Crippen molar-refractivity contribution in [1.82, 2.24) is 0 Å². The first-order chi connectivity index (χ1) is 7.93. The summed E-state index contributed by atoms with van der Waals surface area (Å²) in [6.45, 7) is 2.92. The topological polar surface area (TPSA) is 71.4 Å². The number of ketones is 3. The predicted octanol–water partition coefficient (Wildman–Crippen LogP) is 1.84. The minimum Gasteiger partial charge on any atom is -0.506 e. The van der Waals surface area contributed by atoms with Gasteiger partial charge in [0, 0.05) is 5.56 Å². The maximum absolute atomic E-state index is 11.6. The Bertz CT molecular complexity index is 594. The van der Waals surface area contributed by atoms with Gasteiger partial charge in [0.05, 0.1) is 11.1 Å². The van der Waals surface area contributed by atoms with Crippen LogP contribution >= 0.6 is 0 Å². The molecule has 2 rings (SSSR count). The zero-order chi connectivity index (χ0) is 12.7. The average Bonchev–Trinajstić information content (AvgIpc) is 2.22. The van der Waals surface area contributed by atoms with Crippen LogP contribution in [0.2, 0.25) is 0 Å². The Kier molecular flexibility index (Phi) is 2.42. The number of allylic oxidation sites excluding steroid dienone is 2. The Balaban J connectivity index is 2.85. The van der Waals surface area contributed by atoms with Gasteiger partial charge in [0.2, 0.25) is 0 Å². The van der Waals surface area contributed by atoms with Crippen molar-refractivity contribution in [3.63, 3.8) is 0 Å². The van der Waals surface area contributed by atoms with Crippen molar-refractivity contribution >= 4 is 17.3 Å². The highest BCUT2D eigenvalue weighted by molar-refractivity contribution is 6.24. The second-order valence-electron chi connectivity index (χ2n) is 3.96. The molecule has 0 bridgehead atoms. The second-order valence-corrected chi connectivity index (χ2v) is 3.96. The molecule has 0 unspecified atom stereocenters. The quantitative estimate of drug-likeness (QED) is 0.747. The Labute approximate surface area is 97.6 Å². The molecule has 0 saturated heterocycles. The Morgan fingerprint density at radius 1 is 1.18 bits per heavy atom.